The zero-order valence-electron chi connectivity index (χ0n) is 13.0. The van der Waals surface area contributed by atoms with Crippen LogP contribution < -0.4 is 10.1 Å². The van der Waals surface area contributed by atoms with Crippen LogP contribution in [-0.2, 0) is 4.79 Å². The van der Waals surface area contributed by atoms with Crippen LogP contribution in [0.2, 0.25) is 5.02 Å². The van der Waals surface area contributed by atoms with Gasteiger partial charge in [0.15, 0.2) is 5.17 Å². The summed E-state index contributed by atoms with van der Waals surface area (Å²) in [5.74, 6) is 1.03. The van der Waals surface area contributed by atoms with E-state index in [0.29, 0.717) is 28.3 Å². The van der Waals surface area contributed by atoms with Gasteiger partial charge in [0.25, 0.3) is 0 Å². The van der Waals surface area contributed by atoms with Gasteiger partial charge in [-0.15, -0.1) is 5.10 Å². The van der Waals surface area contributed by atoms with Crippen molar-refractivity contribution in [2.24, 2.45) is 10.2 Å². The number of carbonyl (C=O) groups excluding carboxylic acids is 1. The topological polar surface area (TPSA) is 63.1 Å². The highest BCUT2D eigenvalue weighted by molar-refractivity contribution is 8.15. The largest absolute Gasteiger partial charge is 0.492 e. The van der Waals surface area contributed by atoms with Gasteiger partial charge in [0.2, 0.25) is 5.91 Å². The third kappa shape index (κ3) is 6.23. The molecule has 23 heavy (non-hydrogen) atoms. The Labute approximate surface area is 145 Å². The molecule has 124 valence electrons. The molecule has 1 aromatic carbocycles. The first kappa shape index (κ1) is 17.8. The summed E-state index contributed by atoms with van der Waals surface area (Å²) in [5, 5.41) is 11.6. The summed E-state index contributed by atoms with van der Waals surface area (Å²) in [6.07, 6.45) is 6.24. The Morgan fingerprint density at radius 2 is 2.26 bits per heavy atom. The number of ether oxygens (including phenoxy) is 1. The lowest BCUT2D eigenvalue weighted by atomic mass is 10.2. The van der Waals surface area contributed by atoms with Crippen LogP contribution in [0.4, 0.5) is 0 Å². The van der Waals surface area contributed by atoms with E-state index in [1.54, 1.807) is 12.3 Å². The van der Waals surface area contributed by atoms with E-state index >= 15 is 0 Å². The maximum atomic E-state index is 11.0. The van der Waals surface area contributed by atoms with Gasteiger partial charge >= 0.3 is 0 Å². The summed E-state index contributed by atoms with van der Waals surface area (Å²) in [6, 6.07) is 5.49. The molecule has 0 aromatic heterocycles. The lowest BCUT2D eigenvalue weighted by Crippen LogP contribution is -2.19. The van der Waals surface area contributed by atoms with Crippen molar-refractivity contribution in [3.05, 3.63) is 28.8 Å². The van der Waals surface area contributed by atoms with Gasteiger partial charge in [-0.2, -0.15) is 5.10 Å². The molecule has 1 fully saturated rings. The third-order valence-electron chi connectivity index (χ3n) is 3.15. The number of amidine groups is 1. The van der Waals surface area contributed by atoms with Gasteiger partial charge in [0.1, 0.15) is 5.75 Å². The molecule has 1 N–H and O–H groups in total. The average Bonchev–Trinajstić information content (AvgIpc) is 2.94. The summed E-state index contributed by atoms with van der Waals surface area (Å²) in [6.45, 7) is 2.86. The summed E-state index contributed by atoms with van der Waals surface area (Å²) in [7, 11) is 0. The van der Waals surface area contributed by atoms with Crippen LogP contribution in [-0.4, -0.2) is 29.6 Å². The number of rotatable bonds is 8. The van der Waals surface area contributed by atoms with Gasteiger partial charge in [-0.1, -0.05) is 49.5 Å². The Hall–Kier alpha value is -1.53. The molecule has 0 aliphatic carbocycles. The fourth-order valence-corrected chi connectivity index (χ4v) is 2.83. The van der Waals surface area contributed by atoms with Crippen LogP contribution in [0.1, 0.15) is 38.2 Å². The number of hydrogen-bond donors (Lipinski definition) is 1. The lowest BCUT2D eigenvalue weighted by molar-refractivity contribution is -0.116. The van der Waals surface area contributed by atoms with Gasteiger partial charge < -0.3 is 10.1 Å². The van der Waals surface area contributed by atoms with E-state index in [4.69, 9.17) is 16.3 Å². The van der Waals surface area contributed by atoms with Gasteiger partial charge in [0, 0.05) is 0 Å². The fraction of sp³-hybridized carbons (Fsp3) is 0.438. The number of benzene rings is 1. The maximum Gasteiger partial charge on any atom is 0.236 e. The minimum absolute atomic E-state index is 0.0487. The number of halogens is 1. The van der Waals surface area contributed by atoms with Crippen LogP contribution in [0.25, 0.3) is 0 Å². The smallest absolute Gasteiger partial charge is 0.236 e. The van der Waals surface area contributed by atoms with Gasteiger partial charge in [-0.25, -0.2) is 0 Å². The summed E-state index contributed by atoms with van der Waals surface area (Å²) >= 11 is 7.55. The molecule has 1 aliphatic heterocycles. The molecule has 1 aliphatic rings. The second-order valence-electron chi connectivity index (χ2n) is 5.09. The lowest BCUT2D eigenvalue weighted by Gasteiger charge is -2.08. The molecule has 0 radical (unpaired) electrons. The number of thioether (sulfide) groups is 1. The predicted molar refractivity (Wildman–Crippen MR) is 96.7 cm³/mol. The minimum atomic E-state index is -0.0487. The Morgan fingerprint density at radius 1 is 1.39 bits per heavy atom. The van der Waals surface area contributed by atoms with E-state index in [9.17, 15) is 4.79 Å². The predicted octanol–water partition coefficient (Wildman–Crippen LogP) is 3.85. The average molecular weight is 354 g/mol. The molecule has 0 spiro atoms. The Morgan fingerprint density at radius 3 is 2.96 bits per heavy atom. The van der Waals surface area contributed by atoms with Crippen molar-refractivity contribution >= 4 is 40.7 Å². The van der Waals surface area contributed by atoms with Crippen molar-refractivity contribution in [2.75, 3.05) is 12.4 Å². The van der Waals surface area contributed by atoms with E-state index < -0.39 is 0 Å². The first-order chi connectivity index (χ1) is 11.2. The molecule has 7 heteroatoms. The SMILES string of the molecule is CCCCCCOc1ccc(C=NN=C2NC(=O)CS2)cc1Cl. The zero-order valence-corrected chi connectivity index (χ0v) is 14.6. The second-order valence-corrected chi connectivity index (χ2v) is 6.46. The minimum Gasteiger partial charge on any atom is -0.492 e. The first-order valence-corrected chi connectivity index (χ1v) is 9.01. The fourth-order valence-electron chi connectivity index (χ4n) is 1.95. The van der Waals surface area contributed by atoms with Crippen molar-refractivity contribution in [1.29, 1.82) is 0 Å². The number of carbonyl (C=O) groups is 1. The number of nitrogens with one attached hydrogen (secondary N) is 1. The van der Waals surface area contributed by atoms with E-state index in [2.05, 4.69) is 22.4 Å². The van der Waals surface area contributed by atoms with E-state index in [-0.39, 0.29) is 5.91 Å². The molecule has 1 heterocycles. The highest BCUT2D eigenvalue weighted by Gasteiger charge is 2.15. The standard InChI is InChI=1S/C16H20ClN3O2S/c1-2-3-4-5-8-22-14-7-6-12(9-13(14)17)10-18-20-16-19-15(21)11-23-16/h6-7,9-10H,2-5,8,11H2,1H3,(H,19,20,21). The van der Waals surface area contributed by atoms with Crippen molar-refractivity contribution in [3.8, 4) is 5.75 Å². The van der Waals surface area contributed by atoms with Crippen LogP contribution in [0.15, 0.2) is 28.4 Å². The quantitative estimate of drug-likeness (QED) is 0.438. The van der Waals surface area contributed by atoms with Gasteiger partial charge in [0.05, 0.1) is 23.6 Å². The monoisotopic (exact) mass is 353 g/mol. The van der Waals surface area contributed by atoms with Gasteiger partial charge in [-0.3, -0.25) is 4.79 Å². The summed E-state index contributed by atoms with van der Waals surface area (Å²) in [4.78, 5) is 11.0. The first-order valence-electron chi connectivity index (χ1n) is 7.65. The van der Waals surface area contributed by atoms with E-state index in [1.165, 1.54) is 31.0 Å². The van der Waals surface area contributed by atoms with Crippen molar-refractivity contribution < 1.29 is 9.53 Å². The molecular weight excluding hydrogens is 334 g/mol. The summed E-state index contributed by atoms with van der Waals surface area (Å²) in [5.41, 5.74) is 0.826. The van der Waals surface area contributed by atoms with Crippen molar-refractivity contribution in [3.63, 3.8) is 0 Å². The molecular formula is C16H20ClN3O2S. The number of unbranched alkanes of at least 4 members (excludes halogenated alkanes) is 3. The summed E-state index contributed by atoms with van der Waals surface area (Å²) < 4.78 is 5.68. The number of hydrogen-bond acceptors (Lipinski definition) is 5. The molecule has 0 unspecified atom stereocenters. The highest BCUT2D eigenvalue weighted by Crippen LogP contribution is 2.25. The Kier molecular flexibility index (Phi) is 7.42. The van der Waals surface area contributed by atoms with E-state index in [1.807, 2.05) is 12.1 Å². The van der Waals surface area contributed by atoms with Crippen molar-refractivity contribution in [1.82, 2.24) is 5.32 Å². The van der Waals surface area contributed by atoms with Crippen LogP contribution >= 0.6 is 23.4 Å². The number of nitrogens with zero attached hydrogens (tertiary/aromatic N) is 2. The van der Waals surface area contributed by atoms with Gasteiger partial charge in [-0.05, 0) is 30.2 Å². The Bertz CT molecular complexity index is 605. The van der Waals surface area contributed by atoms with Crippen LogP contribution in [0.5, 0.6) is 5.75 Å². The molecule has 0 bridgehead atoms. The molecule has 1 aromatic rings. The second kappa shape index (κ2) is 9.57. The Balaban J connectivity index is 1.85. The van der Waals surface area contributed by atoms with E-state index in [0.717, 1.165) is 12.0 Å². The molecule has 1 saturated heterocycles. The van der Waals surface area contributed by atoms with Crippen LogP contribution in [0.3, 0.4) is 0 Å². The third-order valence-corrected chi connectivity index (χ3v) is 4.31. The molecule has 0 saturated carbocycles. The van der Waals surface area contributed by atoms with Crippen LogP contribution in [0, 0.1) is 0 Å². The maximum absolute atomic E-state index is 11.0. The molecule has 0 atom stereocenters. The van der Waals surface area contributed by atoms with Crippen molar-refractivity contribution in [2.45, 2.75) is 32.6 Å². The molecule has 2 rings (SSSR count). The normalized spacial score (nSPS) is 16.3. The zero-order chi connectivity index (χ0) is 16.5. The molecule has 1 amide bonds. The number of amides is 1. The molecule has 5 nitrogen and oxygen atoms in total. The highest BCUT2D eigenvalue weighted by atomic mass is 35.5.